The van der Waals surface area contributed by atoms with Crippen LogP contribution in [-0.2, 0) is 4.79 Å². The van der Waals surface area contributed by atoms with E-state index in [0.717, 1.165) is 12.8 Å². The number of amides is 1. The summed E-state index contributed by atoms with van der Waals surface area (Å²) in [6.45, 7) is 0.348. The predicted octanol–water partition coefficient (Wildman–Crippen LogP) is 2.91. The van der Waals surface area contributed by atoms with Gasteiger partial charge in [0.25, 0.3) is 0 Å². The molecule has 1 aliphatic rings. The summed E-state index contributed by atoms with van der Waals surface area (Å²) in [5.74, 6) is 0.879. The Bertz CT molecular complexity index is 586. The molecule has 0 heterocycles. The minimum atomic E-state index is 0.0333. The zero-order valence-corrected chi connectivity index (χ0v) is 14.7. The quantitative estimate of drug-likeness (QED) is 0.542. The Morgan fingerprint density at radius 1 is 1.38 bits per heavy atom. The van der Waals surface area contributed by atoms with E-state index in [9.17, 15) is 4.79 Å². The number of carbonyl (C=O) groups is 1. The van der Waals surface area contributed by atoms with Crippen LogP contribution in [0.2, 0.25) is 5.02 Å². The molecule has 0 aromatic heterocycles. The summed E-state index contributed by atoms with van der Waals surface area (Å²) in [5.41, 5.74) is 6.55. The Labute approximate surface area is 147 Å². The number of hydrogen-bond donors (Lipinski definition) is 3. The first-order chi connectivity index (χ1) is 11.6. The summed E-state index contributed by atoms with van der Waals surface area (Å²) in [6, 6.07) is 5.57. The van der Waals surface area contributed by atoms with Gasteiger partial charge in [-0.15, -0.1) is 0 Å². The molecule has 2 rings (SSSR count). The molecule has 0 atom stereocenters. The molecular weight excluding hydrogens is 328 g/mol. The van der Waals surface area contributed by atoms with E-state index in [2.05, 4.69) is 15.6 Å². The maximum Gasteiger partial charge on any atom is 0.222 e. The van der Waals surface area contributed by atoms with Gasteiger partial charge < -0.3 is 21.1 Å². The normalized spacial score (nSPS) is 15.8. The summed E-state index contributed by atoms with van der Waals surface area (Å²) in [6.07, 6.45) is 6.17. The smallest absolute Gasteiger partial charge is 0.222 e. The molecule has 1 aromatic rings. The second-order valence-corrected chi connectivity index (χ2v) is 6.30. The van der Waals surface area contributed by atoms with Gasteiger partial charge in [0.1, 0.15) is 5.75 Å². The monoisotopic (exact) mass is 352 g/mol. The van der Waals surface area contributed by atoms with Crippen LogP contribution in [-0.4, -0.2) is 31.6 Å². The standard InChI is InChI=1S/C17H25ClN4O2/c1-24-15-8-7-13(11-14(15)18)22-17(19)20-10-9-16(23)21-12-5-3-2-4-6-12/h7-8,11-12H,2-6,9-10H2,1H3,(H,21,23)(H3,19,20,22). The first-order valence-electron chi connectivity index (χ1n) is 8.28. The molecule has 0 aliphatic heterocycles. The number of halogens is 1. The van der Waals surface area contributed by atoms with Crippen LogP contribution in [0.25, 0.3) is 0 Å². The van der Waals surface area contributed by atoms with E-state index in [4.69, 9.17) is 22.1 Å². The number of nitrogens with two attached hydrogens (primary N) is 1. The minimum Gasteiger partial charge on any atom is -0.495 e. The predicted molar refractivity (Wildman–Crippen MR) is 97.7 cm³/mol. The molecule has 1 saturated carbocycles. The van der Waals surface area contributed by atoms with Gasteiger partial charge >= 0.3 is 0 Å². The Kier molecular flexibility index (Phi) is 7.18. The van der Waals surface area contributed by atoms with Gasteiger partial charge in [-0.1, -0.05) is 30.9 Å². The molecule has 24 heavy (non-hydrogen) atoms. The average Bonchev–Trinajstić information content (AvgIpc) is 2.56. The number of aliphatic imine (C=N–C) groups is 1. The van der Waals surface area contributed by atoms with Crippen molar-refractivity contribution in [1.82, 2.24) is 5.32 Å². The summed E-state index contributed by atoms with van der Waals surface area (Å²) in [5, 5.41) is 6.49. The van der Waals surface area contributed by atoms with E-state index in [0.29, 0.717) is 35.5 Å². The highest BCUT2D eigenvalue weighted by Crippen LogP contribution is 2.27. The second kappa shape index (κ2) is 9.37. The Morgan fingerprint density at radius 2 is 2.12 bits per heavy atom. The fourth-order valence-corrected chi connectivity index (χ4v) is 3.01. The van der Waals surface area contributed by atoms with Crippen LogP contribution < -0.4 is 21.1 Å². The highest BCUT2D eigenvalue weighted by molar-refractivity contribution is 6.32. The van der Waals surface area contributed by atoms with E-state index >= 15 is 0 Å². The molecule has 6 nitrogen and oxygen atoms in total. The van der Waals surface area contributed by atoms with Gasteiger partial charge in [0.2, 0.25) is 5.91 Å². The van der Waals surface area contributed by atoms with E-state index in [1.807, 2.05) is 0 Å². The molecule has 1 fully saturated rings. The third-order valence-corrected chi connectivity index (χ3v) is 4.31. The largest absolute Gasteiger partial charge is 0.495 e. The van der Waals surface area contributed by atoms with Crippen molar-refractivity contribution in [2.24, 2.45) is 10.7 Å². The van der Waals surface area contributed by atoms with Crippen molar-refractivity contribution in [3.63, 3.8) is 0 Å². The minimum absolute atomic E-state index is 0.0333. The molecule has 0 unspecified atom stereocenters. The Hall–Kier alpha value is -1.95. The highest BCUT2D eigenvalue weighted by atomic mass is 35.5. The van der Waals surface area contributed by atoms with Gasteiger partial charge in [-0.05, 0) is 31.0 Å². The Balaban J connectivity index is 1.74. The van der Waals surface area contributed by atoms with Crippen molar-refractivity contribution in [2.75, 3.05) is 19.0 Å². The lowest BCUT2D eigenvalue weighted by Gasteiger charge is -2.22. The van der Waals surface area contributed by atoms with Crippen LogP contribution in [0.5, 0.6) is 5.75 Å². The van der Waals surface area contributed by atoms with E-state index in [1.54, 1.807) is 25.3 Å². The first-order valence-corrected chi connectivity index (χ1v) is 8.66. The van der Waals surface area contributed by atoms with Crippen LogP contribution in [0.4, 0.5) is 5.69 Å². The summed E-state index contributed by atoms with van der Waals surface area (Å²) in [4.78, 5) is 16.1. The molecule has 1 amide bonds. The molecule has 0 spiro atoms. The van der Waals surface area contributed by atoms with Crippen molar-refractivity contribution in [3.05, 3.63) is 23.2 Å². The van der Waals surface area contributed by atoms with Gasteiger partial charge in [-0.25, -0.2) is 0 Å². The SMILES string of the molecule is COc1ccc(NC(N)=NCCC(=O)NC2CCCCC2)cc1Cl. The van der Waals surface area contributed by atoms with Gasteiger partial charge in [-0.2, -0.15) is 0 Å². The van der Waals surface area contributed by atoms with Gasteiger partial charge in [0.15, 0.2) is 5.96 Å². The van der Waals surface area contributed by atoms with Crippen molar-refractivity contribution in [1.29, 1.82) is 0 Å². The van der Waals surface area contributed by atoms with Crippen LogP contribution in [0.3, 0.4) is 0 Å². The molecule has 4 N–H and O–H groups in total. The molecule has 0 radical (unpaired) electrons. The summed E-state index contributed by atoms with van der Waals surface area (Å²) in [7, 11) is 1.56. The molecular formula is C17H25ClN4O2. The first kappa shape index (κ1) is 18.4. The number of nitrogens with zero attached hydrogens (tertiary/aromatic N) is 1. The molecule has 1 aliphatic carbocycles. The maximum atomic E-state index is 11.9. The topological polar surface area (TPSA) is 88.7 Å². The average molecular weight is 353 g/mol. The number of hydrogen-bond acceptors (Lipinski definition) is 3. The van der Waals surface area contributed by atoms with E-state index < -0.39 is 0 Å². The molecule has 0 saturated heterocycles. The summed E-state index contributed by atoms with van der Waals surface area (Å²) >= 11 is 6.05. The third kappa shape index (κ3) is 5.92. The number of methoxy groups -OCH3 is 1. The van der Waals surface area contributed by atoms with Gasteiger partial charge in [-0.3, -0.25) is 9.79 Å². The van der Waals surface area contributed by atoms with Gasteiger partial charge in [0, 0.05) is 18.2 Å². The maximum absolute atomic E-state index is 11.9. The summed E-state index contributed by atoms with van der Waals surface area (Å²) < 4.78 is 5.09. The van der Waals surface area contributed by atoms with Crippen molar-refractivity contribution < 1.29 is 9.53 Å². The fraction of sp³-hybridized carbons (Fsp3) is 0.529. The lowest BCUT2D eigenvalue weighted by Crippen LogP contribution is -2.36. The number of benzene rings is 1. The highest BCUT2D eigenvalue weighted by Gasteiger charge is 2.15. The number of carbonyl (C=O) groups excluding carboxylic acids is 1. The zero-order chi connectivity index (χ0) is 17.4. The van der Waals surface area contributed by atoms with Crippen molar-refractivity contribution >= 4 is 29.2 Å². The number of anilines is 1. The van der Waals surface area contributed by atoms with Crippen LogP contribution >= 0.6 is 11.6 Å². The second-order valence-electron chi connectivity index (χ2n) is 5.89. The fourth-order valence-electron chi connectivity index (χ4n) is 2.76. The van der Waals surface area contributed by atoms with E-state index in [1.165, 1.54) is 19.3 Å². The molecule has 7 heteroatoms. The Morgan fingerprint density at radius 3 is 2.79 bits per heavy atom. The third-order valence-electron chi connectivity index (χ3n) is 4.02. The number of rotatable bonds is 6. The number of guanidine groups is 1. The zero-order valence-electron chi connectivity index (χ0n) is 14.0. The van der Waals surface area contributed by atoms with Crippen molar-refractivity contribution in [3.8, 4) is 5.75 Å². The molecule has 132 valence electrons. The molecule has 0 bridgehead atoms. The number of ether oxygens (including phenoxy) is 1. The van der Waals surface area contributed by atoms with Crippen LogP contribution in [0.1, 0.15) is 38.5 Å². The lowest BCUT2D eigenvalue weighted by molar-refractivity contribution is -0.121. The van der Waals surface area contributed by atoms with E-state index in [-0.39, 0.29) is 11.9 Å². The van der Waals surface area contributed by atoms with Crippen LogP contribution in [0.15, 0.2) is 23.2 Å². The van der Waals surface area contributed by atoms with Crippen LogP contribution in [0, 0.1) is 0 Å². The molecule has 1 aromatic carbocycles. The van der Waals surface area contributed by atoms with Gasteiger partial charge in [0.05, 0.1) is 18.7 Å². The number of nitrogens with one attached hydrogen (secondary N) is 2. The van der Waals surface area contributed by atoms with Crippen molar-refractivity contribution in [2.45, 2.75) is 44.6 Å². The lowest BCUT2D eigenvalue weighted by atomic mass is 9.95.